The van der Waals surface area contributed by atoms with Crippen molar-refractivity contribution in [2.24, 2.45) is 0 Å². The van der Waals surface area contributed by atoms with Gasteiger partial charge in [-0.15, -0.1) is 0 Å². The van der Waals surface area contributed by atoms with Gasteiger partial charge >= 0.3 is 106 Å². The van der Waals surface area contributed by atoms with Crippen LogP contribution in [-0.4, -0.2) is 24.3 Å². The maximum atomic E-state index is 13.3. The molecule has 1 aliphatic rings. The number of carbonyl (C=O) groups is 1. The van der Waals surface area contributed by atoms with Crippen LogP contribution in [0.5, 0.6) is 0 Å². The van der Waals surface area contributed by atoms with Crippen molar-refractivity contribution in [2.75, 3.05) is 0 Å². The van der Waals surface area contributed by atoms with Crippen LogP contribution in [0.1, 0.15) is 0 Å². The second-order valence-electron chi connectivity index (χ2n) is 3.16. The third-order valence-electron chi connectivity index (χ3n) is 1.95. The molecule has 2 rings (SSSR count). The van der Waals surface area contributed by atoms with Crippen LogP contribution in [0.15, 0.2) is 18.2 Å². The zero-order chi connectivity index (χ0) is 13.5. The molecule has 4 nitrogen and oxygen atoms in total. The fourth-order valence-electron chi connectivity index (χ4n) is 1.22. The molecule has 1 aliphatic heterocycles. The zero-order valence-electron chi connectivity index (χ0n) is 8.37. The minimum atomic E-state index is -5.15. The Hall–Kier alpha value is -0.875. The molecule has 1 aromatic carbocycles. The molecular weight excluding hydrogens is 374 g/mol. The van der Waals surface area contributed by atoms with Crippen LogP contribution < -0.4 is 5.46 Å². The second-order valence-corrected chi connectivity index (χ2v) is 6.51. The quantitative estimate of drug-likeness (QED) is 0.453. The Morgan fingerprint density at radius 1 is 1.44 bits per heavy atom. The van der Waals surface area contributed by atoms with E-state index in [1.54, 1.807) is 0 Å². The van der Waals surface area contributed by atoms with E-state index in [1.807, 2.05) is 0 Å². The van der Waals surface area contributed by atoms with E-state index in [2.05, 4.69) is 3.07 Å². The van der Waals surface area contributed by atoms with Crippen LogP contribution in [0.2, 0.25) is 0 Å². The first-order chi connectivity index (χ1) is 8.30. The summed E-state index contributed by atoms with van der Waals surface area (Å²) in [6.45, 7) is 0. The summed E-state index contributed by atoms with van der Waals surface area (Å²) in [4.78, 5) is 10.7. The molecule has 0 unspecified atom stereocenters. The Kier molecular flexibility index (Phi) is 3.51. The monoisotopic (exact) mass is 378 g/mol. The van der Waals surface area contributed by atoms with E-state index in [9.17, 15) is 27.4 Å². The molecule has 0 aliphatic carbocycles. The molecule has 1 N–H and O–H groups in total. The van der Waals surface area contributed by atoms with Crippen molar-refractivity contribution in [3.8, 4) is 0 Å². The molecule has 0 amide bonds. The summed E-state index contributed by atoms with van der Waals surface area (Å²) in [6.07, 6.45) is -5.15. The fraction of sp³-hybridized carbons (Fsp3) is 0.125. The van der Waals surface area contributed by atoms with E-state index >= 15 is 0 Å². The molecule has 10 heteroatoms. The Bertz CT molecular complexity index is 494. The van der Waals surface area contributed by atoms with Crippen LogP contribution in [0.4, 0.5) is 17.6 Å². The van der Waals surface area contributed by atoms with E-state index < -0.39 is 45.7 Å². The summed E-state index contributed by atoms with van der Waals surface area (Å²) >= 11 is -3.47. The Balaban J connectivity index is 2.26. The van der Waals surface area contributed by atoms with Crippen molar-refractivity contribution < 1.29 is 33.4 Å². The molecular formula is C8H4BF4IO4. The Morgan fingerprint density at radius 2 is 2.11 bits per heavy atom. The number of alkyl halides is 3. The first-order valence-corrected chi connectivity index (χ1v) is 7.28. The average molecular weight is 378 g/mol. The van der Waals surface area contributed by atoms with Crippen molar-refractivity contribution in [3.05, 3.63) is 27.6 Å². The summed E-state index contributed by atoms with van der Waals surface area (Å²) in [7, 11) is -1.70. The SMILES string of the molecule is O=C(OI1OB(O)c2c(F)cccc21)C(F)(F)F. The van der Waals surface area contributed by atoms with Crippen molar-refractivity contribution in [3.63, 3.8) is 0 Å². The van der Waals surface area contributed by atoms with E-state index in [4.69, 9.17) is 2.98 Å². The molecule has 18 heavy (non-hydrogen) atoms. The van der Waals surface area contributed by atoms with Gasteiger partial charge in [0.05, 0.1) is 0 Å². The molecule has 0 aromatic heterocycles. The molecule has 1 aromatic rings. The van der Waals surface area contributed by atoms with Crippen LogP contribution in [0, 0.1) is 9.39 Å². The summed E-state index contributed by atoms with van der Waals surface area (Å²) in [5.74, 6) is -3.22. The van der Waals surface area contributed by atoms with Gasteiger partial charge in [0.1, 0.15) is 0 Å². The van der Waals surface area contributed by atoms with E-state index in [1.165, 1.54) is 12.1 Å². The van der Waals surface area contributed by atoms with Gasteiger partial charge in [0, 0.05) is 0 Å². The normalized spacial score (nSPS) is 16.7. The molecule has 98 valence electrons. The average Bonchev–Trinajstić information content (AvgIpc) is 2.56. The van der Waals surface area contributed by atoms with Gasteiger partial charge in [-0.05, 0) is 0 Å². The molecule has 0 bridgehead atoms. The second kappa shape index (κ2) is 4.66. The van der Waals surface area contributed by atoms with Crippen LogP contribution in [-0.2, 0) is 10.8 Å². The number of rotatable bonds is 1. The molecule has 0 saturated carbocycles. The first kappa shape index (κ1) is 13.6. The summed E-state index contributed by atoms with van der Waals surface area (Å²) in [6, 6.07) is 3.53. The van der Waals surface area contributed by atoms with Gasteiger partial charge in [0.15, 0.2) is 0 Å². The van der Waals surface area contributed by atoms with Gasteiger partial charge in [0.2, 0.25) is 0 Å². The molecule has 0 fully saturated rings. The van der Waals surface area contributed by atoms with Crippen LogP contribution in [0.3, 0.4) is 0 Å². The Labute approximate surface area is 107 Å². The number of benzene rings is 1. The molecule has 0 radical (unpaired) electrons. The molecule has 0 atom stereocenters. The van der Waals surface area contributed by atoms with Crippen LogP contribution in [0.25, 0.3) is 0 Å². The first-order valence-electron chi connectivity index (χ1n) is 4.44. The molecule has 0 saturated heterocycles. The fourth-order valence-corrected chi connectivity index (χ4v) is 4.64. The standard InChI is InChI=1S/C8H4BF4IO4/c10-4-2-1-3-5-6(4)9(16)18-14(5)17-7(15)8(11,12)13/h1-3,16H. The van der Waals surface area contributed by atoms with Gasteiger partial charge in [-0.25, -0.2) is 0 Å². The maximum absolute atomic E-state index is 13.3. The number of carbonyl (C=O) groups excluding carboxylic acids is 1. The Morgan fingerprint density at radius 3 is 2.72 bits per heavy atom. The zero-order valence-corrected chi connectivity index (χ0v) is 10.5. The minimum absolute atomic E-state index is 0.00398. The summed E-state index contributed by atoms with van der Waals surface area (Å²) in [5.41, 5.74) is -0.266. The third kappa shape index (κ3) is 2.45. The predicted octanol–water partition coefficient (Wildman–Crippen LogP) is 1.15. The third-order valence-corrected chi connectivity index (χ3v) is 5.58. The number of halogens is 5. The van der Waals surface area contributed by atoms with E-state index in [0.29, 0.717) is 0 Å². The summed E-state index contributed by atoms with van der Waals surface area (Å²) < 4.78 is 58.2. The van der Waals surface area contributed by atoms with Crippen molar-refractivity contribution in [2.45, 2.75) is 6.18 Å². The summed E-state index contributed by atoms with van der Waals surface area (Å²) in [5, 5.41) is 9.35. The molecule has 0 spiro atoms. The van der Waals surface area contributed by atoms with Crippen molar-refractivity contribution >= 4 is 39.2 Å². The van der Waals surface area contributed by atoms with Gasteiger partial charge in [0.25, 0.3) is 0 Å². The number of hydrogen-bond acceptors (Lipinski definition) is 4. The number of fused-ring (bicyclic) bond motifs is 1. The van der Waals surface area contributed by atoms with Crippen LogP contribution >= 0.6 is 20.6 Å². The van der Waals surface area contributed by atoms with Crippen molar-refractivity contribution in [1.29, 1.82) is 0 Å². The van der Waals surface area contributed by atoms with Gasteiger partial charge in [-0.3, -0.25) is 0 Å². The van der Waals surface area contributed by atoms with Gasteiger partial charge in [-0.2, -0.15) is 0 Å². The topological polar surface area (TPSA) is 55.8 Å². The molecule has 1 heterocycles. The van der Waals surface area contributed by atoms with E-state index in [0.717, 1.165) is 6.07 Å². The van der Waals surface area contributed by atoms with Gasteiger partial charge in [-0.1, -0.05) is 0 Å². The number of hydrogen-bond donors (Lipinski definition) is 1. The van der Waals surface area contributed by atoms with Crippen molar-refractivity contribution in [1.82, 2.24) is 0 Å². The predicted molar refractivity (Wildman–Crippen MR) is 60.0 cm³/mol. The van der Waals surface area contributed by atoms with E-state index in [-0.39, 0.29) is 9.03 Å². The van der Waals surface area contributed by atoms with Gasteiger partial charge < -0.3 is 0 Å².